The van der Waals surface area contributed by atoms with Gasteiger partial charge < -0.3 is 0 Å². The van der Waals surface area contributed by atoms with Gasteiger partial charge in [-0.3, -0.25) is 0 Å². The molecule has 0 N–H and O–H groups in total. The van der Waals surface area contributed by atoms with Crippen molar-refractivity contribution in [1.82, 2.24) is 0 Å². The maximum atomic E-state index is 4.33. The van der Waals surface area contributed by atoms with E-state index in [1.165, 1.54) is 5.56 Å². The lowest BCUT2D eigenvalue weighted by molar-refractivity contribution is -0.533. The molecular weight excluding hydrogens is 148 g/mol. The third-order valence-electron chi connectivity index (χ3n) is 2.01. The highest BCUT2D eigenvalue weighted by Gasteiger charge is 2.19. The topological polar surface area (TPSA) is 15.4 Å². The van der Waals surface area contributed by atoms with Crippen LogP contribution in [0.3, 0.4) is 0 Å². The van der Waals surface area contributed by atoms with Crippen molar-refractivity contribution >= 4 is 12.4 Å². The predicted octanol–water partition coefficient (Wildman–Crippen LogP) is 1.48. The summed E-state index contributed by atoms with van der Waals surface area (Å²) in [6.45, 7) is 0. The van der Waals surface area contributed by atoms with E-state index in [0.717, 1.165) is 0 Å². The van der Waals surface area contributed by atoms with Crippen LogP contribution in [0.1, 0.15) is 11.7 Å². The van der Waals surface area contributed by atoms with Crippen molar-refractivity contribution in [1.29, 1.82) is 0 Å². The van der Waals surface area contributed by atoms with Gasteiger partial charge in [0.2, 0.25) is 0 Å². The van der Waals surface area contributed by atoms with Crippen molar-refractivity contribution < 1.29 is 4.58 Å². The van der Waals surface area contributed by atoms with Gasteiger partial charge in [0, 0.05) is 5.56 Å². The fourth-order valence-corrected chi connectivity index (χ4v) is 1.36. The van der Waals surface area contributed by atoms with Gasteiger partial charge in [-0.15, -0.1) is 0 Å². The van der Waals surface area contributed by atoms with Crippen LogP contribution in [-0.2, 0) is 0 Å². The third-order valence-corrected chi connectivity index (χ3v) is 2.01. The van der Waals surface area contributed by atoms with Crippen LogP contribution < -0.4 is 0 Å². The van der Waals surface area contributed by atoms with Crippen molar-refractivity contribution in [3.63, 3.8) is 0 Å². The van der Waals surface area contributed by atoms with E-state index in [-0.39, 0.29) is 6.17 Å². The van der Waals surface area contributed by atoms with Gasteiger partial charge in [0.25, 0.3) is 6.17 Å². The fourth-order valence-electron chi connectivity index (χ4n) is 1.36. The summed E-state index contributed by atoms with van der Waals surface area (Å²) in [5, 5.41) is 0. The summed E-state index contributed by atoms with van der Waals surface area (Å²) in [5.41, 5.74) is 1.24. The van der Waals surface area contributed by atoms with Crippen LogP contribution in [0, 0.1) is 0 Å². The van der Waals surface area contributed by atoms with Gasteiger partial charge in [0.15, 0.2) is 6.21 Å². The average molecular weight is 159 g/mol. The number of hydrogen-bond donors (Lipinski definition) is 0. The summed E-state index contributed by atoms with van der Waals surface area (Å²) in [6, 6.07) is 10.3. The molecule has 0 saturated heterocycles. The molecule has 12 heavy (non-hydrogen) atoms. The molecule has 0 radical (unpaired) electrons. The van der Waals surface area contributed by atoms with Gasteiger partial charge in [-0.05, 0) is 0 Å². The van der Waals surface area contributed by atoms with E-state index >= 15 is 0 Å². The standard InChI is InChI=1S/C10H11N2/c1-12-8-7-11-10(12)9-5-3-2-4-6-9/h2-8,10H,1H3/q+1. The summed E-state index contributed by atoms with van der Waals surface area (Å²) in [7, 11) is 2.03. The molecule has 0 spiro atoms. The quantitative estimate of drug-likeness (QED) is 0.552. The smallest absolute Gasteiger partial charge is 0.215 e. The number of nitrogens with zero attached hydrogens (tertiary/aromatic N) is 2. The van der Waals surface area contributed by atoms with Crippen LogP contribution in [0.5, 0.6) is 0 Å². The SMILES string of the molecule is C[N+]1=CC=NC1c1ccccc1. The first kappa shape index (κ1) is 7.22. The molecule has 0 amide bonds. The Balaban J connectivity index is 2.33. The second-order valence-corrected chi connectivity index (χ2v) is 2.90. The van der Waals surface area contributed by atoms with E-state index in [0.29, 0.717) is 0 Å². The summed E-state index contributed by atoms with van der Waals surface area (Å²) in [5.74, 6) is 0. The first-order chi connectivity index (χ1) is 5.88. The molecule has 0 fully saturated rings. The van der Waals surface area contributed by atoms with Crippen molar-refractivity contribution in [2.75, 3.05) is 7.05 Å². The number of benzene rings is 1. The molecule has 1 aromatic carbocycles. The molecule has 1 aromatic rings. The first-order valence-corrected chi connectivity index (χ1v) is 4.01. The molecule has 1 aliphatic rings. The van der Waals surface area contributed by atoms with Crippen molar-refractivity contribution in [2.24, 2.45) is 4.99 Å². The Morgan fingerprint density at radius 3 is 2.58 bits per heavy atom. The lowest BCUT2D eigenvalue weighted by Crippen LogP contribution is -2.08. The second-order valence-electron chi connectivity index (χ2n) is 2.90. The largest absolute Gasteiger partial charge is 0.272 e. The molecule has 1 aliphatic heterocycles. The normalized spacial score (nSPS) is 21.1. The predicted molar refractivity (Wildman–Crippen MR) is 49.9 cm³/mol. The summed E-state index contributed by atoms with van der Waals surface area (Å²) in [6.07, 6.45) is 4.01. The molecule has 60 valence electrons. The highest BCUT2D eigenvalue weighted by molar-refractivity contribution is 6.14. The minimum atomic E-state index is 0.186. The Kier molecular flexibility index (Phi) is 1.74. The molecule has 1 heterocycles. The van der Waals surface area contributed by atoms with Crippen LogP contribution in [0.15, 0.2) is 35.3 Å². The number of rotatable bonds is 1. The Labute approximate surface area is 71.9 Å². The van der Waals surface area contributed by atoms with Crippen LogP contribution in [0.25, 0.3) is 0 Å². The summed E-state index contributed by atoms with van der Waals surface area (Å²) >= 11 is 0. The molecule has 0 aliphatic carbocycles. The van der Waals surface area contributed by atoms with Gasteiger partial charge in [-0.25, -0.2) is 9.57 Å². The fraction of sp³-hybridized carbons (Fsp3) is 0.200. The second kappa shape index (κ2) is 2.89. The zero-order valence-corrected chi connectivity index (χ0v) is 7.01. The highest BCUT2D eigenvalue weighted by Crippen LogP contribution is 2.18. The van der Waals surface area contributed by atoms with Crippen molar-refractivity contribution in [3.8, 4) is 0 Å². The molecule has 0 bridgehead atoms. The average Bonchev–Trinajstić information content (AvgIpc) is 2.53. The molecule has 0 aromatic heterocycles. The molecule has 2 rings (SSSR count). The van der Waals surface area contributed by atoms with Gasteiger partial charge in [-0.1, -0.05) is 30.3 Å². The molecular formula is C10H11N2+. The maximum Gasteiger partial charge on any atom is 0.272 e. The van der Waals surface area contributed by atoms with Gasteiger partial charge >= 0.3 is 0 Å². The van der Waals surface area contributed by atoms with Gasteiger partial charge in [0.1, 0.15) is 7.05 Å². The van der Waals surface area contributed by atoms with Crippen LogP contribution >= 0.6 is 0 Å². The minimum absolute atomic E-state index is 0.186. The summed E-state index contributed by atoms with van der Waals surface area (Å²) < 4.78 is 2.09. The Morgan fingerprint density at radius 2 is 2.00 bits per heavy atom. The van der Waals surface area contributed by atoms with Gasteiger partial charge in [0.05, 0.1) is 6.21 Å². The van der Waals surface area contributed by atoms with Crippen LogP contribution in [0.2, 0.25) is 0 Å². The van der Waals surface area contributed by atoms with Gasteiger partial charge in [-0.2, -0.15) is 0 Å². The zero-order chi connectivity index (χ0) is 8.39. The molecule has 0 saturated carbocycles. The Hall–Kier alpha value is -1.44. The zero-order valence-electron chi connectivity index (χ0n) is 7.01. The monoisotopic (exact) mass is 159 g/mol. The molecule has 1 atom stereocenters. The molecule has 2 heteroatoms. The lowest BCUT2D eigenvalue weighted by atomic mass is 10.2. The van der Waals surface area contributed by atoms with Crippen molar-refractivity contribution in [3.05, 3.63) is 35.9 Å². The van der Waals surface area contributed by atoms with E-state index < -0.39 is 0 Å². The lowest BCUT2D eigenvalue weighted by Gasteiger charge is -2.03. The maximum absolute atomic E-state index is 4.33. The molecule has 2 nitrogen and oxygen atoms in total. The van der Waals surface area contributed by atoms with Crippen LogP contribution in [0.4, 0.5) is 0 Å². The van der Waals surface area contributed by atoms with E-state index in [4.69, 9.17) is 0 Å². The van der Waals surface area contributed by atoms with Crippen molar-refractivity contribution in [2.45, 2.75) is 6.17 Å². The van der Waals surface area contributed by atoms with E-state index in [1.807, 2.05) is 37.7 Å². The van der Waals surface area contributed by atoms with E-state index in [2.05, 4.69) is 21.7 Å². The Bertz CT molecular complexity index is 325. The third kappa shape index (κ3) is 1.16. The summed E-state index contributed by atoms with van der Waals surface area (Å²) in [4.78, 5) is 4.33. The van der Waals surface area contributed by atoms with E-state index in [1.54, 1.807) is 0 Å². The number of aliphatic imine (C=N–C) groups is 1. The molecule has 1 unspecified atom stereocenters. The highest BCUT2D eigenvalue weighted by atomic mass is 15.2. The first-order valence-electron chi connectivity index (χ1n) is 4.01. The van der Waals surface area contributed by atoms with Crippen LogP contribution in [-0.4, -0.2) is 24.1 Å². The number of hydrogen-bond acceptors (Lipinski definition) is 1. The van der Waals surface area contributed by atoms with E-state index in [9.17, 15) is 0 Å². The Morgan fingerprint density at radius 1 is 1.25 bits per heavy atom. The minimum Gasteiger partial charge on any atom is -0.215 e.